The number of anilines is 2. The predicted molar refractivity (Wildman–Crippen MR) is 131 cm³/mol. The van der Waals surface area contributed by atoms with E-state index in [1.807, 2.05) is 36.7 Å². The van der Waals surface area contributed by atoms with E-state index in [9.17, 15) is 13.2 Å². The zero-order chi connectivity index (χ0) is 23.4. The Hall–Kier alpha value is -2.86. The summed E-state index contributed by atoms with van der Waals surface area (Å²) in [6.07, 6.45) is 2.87. The van der Waals surface area contributed by atoms with Crippen LogP contribution in [0.15, 0.2) is 48.0 Å². The van der Waals surface area contributed by atoms with E-state index in [2.05, 4.69) is 31.6 Å². The highest BCUT2D eigenvalue weighted by Crippen LogP contribution is 2.28. The number of aromatic nitrogens is 2. The van der Waals surface area contributed by atoms with Gasteiger partial charge in [-0.15, -0.1) is 11.3 Å². The summed E-state index contributed by atoms with van der Waals surface area (Å²) in [6, 6.07) is 11.5. The minimum absolute atomic E-state index is 0.292. The highest BCUT2D eigenvalue weighted by molar-refractivity contribution is 7.88. The monoisotopic (exact) mass is 486 g/mol. The van der Waals surface area contributed by atoms with Gasteiger partial charge in [-0.05, 0) is 24.7 Å². The molecule has 0 bridgehead atoms. The molecule has 3 heterocycles. The van der Waals surface area contributed by atoms with Gasteiger partial charge in [0.25, 0.3) is 5.91 Å². The number of thiazole rings is 1. The largest absolute Gasteiger partial charge is 0.368 e. The van der Waals surface area contributed by atoms with E-state index in [4.69, 9.17) is 0 Å². The van der Waals surface area contributed by atoms with E-state index in [0.29, 0.717) is 37.0 Å². The number of hydrogen-bond donors (Lipinski definition) is 2. The SMILES string of the molecule is CNCc1ccccc1-c1csc(NC(=O)c2ccc(N3CCN(S(C)(=O)=O)CC3)cn2)n1. The molecule has 174 valence electrons. The number of nitrogens with one attached hydrogen (secondary N) is 2. The molecule has 4 rings (SSSR count). The second-order valence-corrected chi connectivity index (χ2v) is 10.6. The minimum atomic E-state index is -3.17. The molecular formula is C22H26N6O3S2. The van der Waals surface area contributed by atoms with Gasteiger partial charge in [0.15, 0.2) is 5.13 Å². The van der Waals surface area contributed by atoms with Crippen LogP contribution in [0.5, 0.6) is 0 Å². The molecule has 2 N–H and O–H groups in total. The van der Waals surface area contributed by atoms with Crippen molar-refractivity contribution in [2.24, 2.45) is 0 Å². The van der Waals surface area contributed by atoms with E-state index in [1.165, 1.54) is 21.9 Å². The smallest absolute Gasteiger partial charge is 0.276 e. The first-order valence-corrected chi connectivity index (χ1v) is 13.2. The molecular weight excluding hydrogens is 460 g/mol. The van der Waals surface area contributed by atoms with E-state index in [-0.39, 0.29) is 5.91 Å². The maximum Gasteiger partial charge on any atom is 0.276 e. The fourth-order valence-corrected chi connectivity index (χ4v) is 5.25. The first-order valence-electron chi connectivity index (χ1n) is 10.5. The van der Waals surface area contributed by atoms with Gasteiger partial charge in [0.1, 0.15) is 5.69 Å². The first kappa shape index (κ1) is 23.3. The van der Waals surface area contributed by atoms with E-state index >= 15 is 0 Å². The third-order valence-corrected chi connectivity index (χ3v) is 7.50. The third kappa shape index (κ3) is 5.56. The Morgan fingerprint density at radius 1 is 1.12 bits per heavy atom. The highest BCUT2D eigenvalue weighted by Gasteiger charge is 2.23. The summed E-state index contributed by atoms with van der Waals surface area (Å²) in [5.41, 5.74) is 4.13. The van der Waals surface area contributed by atoms with Gasteiger partial charge in [-0.2, -0.15) is 4.31 Å². The Labute approximate surface area is 197 Å². The Morgan fingerprint density at radius 3 is 2.55 bits per heavy atom. The van der Waals surface area contributed by atoms with Crippen molar-refractivity contribution >= 4 is 38.1 Å². The maximum absolute atomic E-state index is 12.7. The van der Waals surface area contributed by atoms with Crippen LogP contribution in [-0.4, -0.2) is 68.1 Å². The van der Waals surface area contributed by atoms with Crippen LogP contribution in [0.1, 0.15) is 16.1 Å². The number of hydrogen-bond acceptors (Lipinski definition) is 8. The number of pyridine rings is 1. The van der Waals surface area contributed by atoms with Crippen LogP contribution in [-0.2, 0) is 16.6 Å². The van der Waals surface area contributed by atoms with Gasteiger partial charge in [-0.25, -0.2) is 18.4 Å². The molecule has 0 radical (unpaired) electrons. The van der Waals surface area contributed by atoms with Gasteiger partial charge in [0.2, 0.25) is 10.0 Å². The molecule has 1 aliphatic rings. The summed E-state index contributed by atoms with van der Waals surface area (Å²) in [4.78, 5) is 23.6. The minimum Gasteiger partial charge on any atom is -0.368 e. The van der Waals surface area contributed by atoms with Crippen LogP contribution < -0.4 is 15.5 Å². The molecule has 3 aromatic rings. The Balaban J connectivity index is 1.39. The lowest BCUT2D eigenvalue weighted by Gasteiger charge is -2.34. The second-order valence-electron chi connectivity index (χ2n) is 7.73. The van der Waals surface area contributed by atoms with Crippen LogP contribution in [0.3, 0.4) is 0 Å². The van der Waals surface area contributed by atoms with Crippen LogP contribution in [0, 0.1) is 0 Å². The molecule has 9 nitrogen and oxygen atoms in total. The molecule has 1 fully saturated rings. The summed E-state index contributed by atoms with van der Waals surface area (Å²) >= 11 is 1.37. The van der Waals surface area contributed by atoms with E-state index in [1.54, 1.807) is 12.3 Å². The van der Waals surface area contributed by atoms with E-state index in [0.717, 1.165) is 29.1 Å². The fraction of sp³-hybridized carbons (Fsp3) is 0.318. The molecule has 11 heteroatoms. The second kappa shape index (κ2) is 9.96. The van der Waals surface area contributed by atoms with Crippen molar-refractivity contribution in [2.45, 2.75) is 6.54 Å². The van der Waals surface area contributed by atoms with Gasteiger partial charge in [0.05, 0.1) is 23.8 Å². The summed E-state index contributed by atoms with van der Waals surface area (Å²) in [5, 5.41) is 8.42. The fourth-order valence-electron chi connectivity index (χ4n) is 3.72. The lowest BCUT2D eigenvalue weighted by atomic mass is 10.1. The van der Waals surface area contributed by atoms with Crippen molar-refractivity contribution in [3.63, 3.8) is 0 Å². The van der Waals surface area contributed by atoms with Gasteiger partial charge < -0.3 is 10.2 Å². The van der Waals surface area contributed by atoms with Crippen molar-refractivity contribution < 1.29 is 13.2 Å². The Bertz CT molecular complexity index is 1220. The molecule has 0 unspecified atom stereocenters. The first-order chi connectivity index (χ1) is 15.8. The average Bonchev–Trinajstić information content (AvgIpc) is 3.27. The number of amides is 1. The van der Waals surface area contributed by atoms with Gasteiger partial charge in [0, 0.05) is 43.7 Å². The number of rotatable bonds is 7. The Kier molecular flexibility index (Phi) is 7.03. The van der Waals surface area contributed by atoms with Crippen molar-refractivity contribution in [3.8, 4) is 11.3 Å². The van der Waals surface area contributed by atoms with Crippen molar-refractivity contribution in [1.29, 1.82) is 0 Å². The number of piperazine rings is 1. The number of nitrogens with zero attached hydrogens (tertiary/aromatic N) is 4. The predicted octanol–water partition coefficient (Wildman–Crippen LogP) is 2.26. The normalized spacial score (nSPS) is 14.9. The number of carbonyl (C=O) groups excluding carboxylic acids is 1. The van der Waals surface area contributed by atoms with Crippen molar-refractivity contribution in [3.05, 3.63) is 59.2 Å². The topological polar surface area (TPSA) is 108 Å². The molecule has 33 heavy (non-hydrogen) atoms. The number of carbonyl (C=O) groups is 1. The number of sulfonamides is 1. The highest BCUT2D eigenvalue weighted by atomic mass is 32.2. The Morgan fingerprint density at radius 2 is 1.88 bits per heavy atom. The molecule has 0 atom stereocenters. The average molecular weight is 487 g/mol. The van der Waals surface area contributed by atoms with Crippen LogP contribution in [0.2, 0.25) is 0 Å². The molecule has 1 amide bonds. The van der Waals surface area contributed by atoms with Crippen molar-refractivity contribution in [2.75, 3.05) is 49.7 Å². The molecule has 1 aliphatic heterocycles. The third-order valence-electron chi connectivity index (χ3n) is 5.44. The molecule has 1 aromatic carbocycles. The zero-order valence-electron chi connectivity index (χ0n) is 18.5. The quantitative estimate of drug-likeness (QED) is 0.527. The zero-order valence-corrected chi connectivity index (χ0v) is 20.1. The van der Waals surface area contributed by atoms with Gasteiger partial charge >= 0.3 is 0 Å². The number of benzene rings is 1. The van der Waals surface area contributed by atoms with E-state index < -0.39 is 10.0 Å². The van der Waals surface area contributed by atoms with Crippen LogP contribution in [0.25, 0.3) is 11.3 Å². The molecule has 0 saturated carbocycles. The van der Waals surface area contributed by atoms with Gasteiger partial charge in [-0.1, -0.05) is 24.3 Å². The molecule has 1 saturated heterocycles. The summed E-state index contributed by atoms with van der Waals surface area (Å²) in [6.45, 7) is 2.76. The molecule has 0 aliphatic carbocycles. The lowest BCUT2D eigenvalue weighted by Crippen LogP contribution is -2.48. The summed E-state index contributed by atoms with van der Waals surface area (Å²) < 4.78 is 24.8. The lowest BCUT2D eigenvalue weighted by molar-refractivity contribution is 0.102. The molecule has 2 aromatic heterocycles. The standard InChI is InChI=1S/C22H26N6O3S2/c1-23-13-16-5-3-4-6-18(16)20-15-32-22(25-20)26-21(29)19-8-7-17(14-24-19)27-9-11-28(12-10-27)33(2,30)31/h3-8,14-15,23H,9-13H2,1-2H3,(H,25,26,29). The summed E-state index contributed by atoms with van der Waals surface area (Å²) in [5.74, 6) is -0.326. The van der Waals surface area contributed by atoms with Crippen LogP contribution >= 0.6 is 11.3 Å². The van der Waals surface area contributed by atoms with Crippen LogP contribution in [0.4, 0.5) is 10.8 Å². The maximum atomic E-state index is 12.7. The van der Waals surface area contributed by atoms with Gasteiger partial charge in [-0.3, -0.25) is 10.1 Å². The summed E-state index contributed by atoms with van der Waals surface area (Å²) in [7, 11) is -1.27. The van der Waals surface area contributed by atoms with Crippen molar-refractivity contribution in [1.82, 2.24) is 19.6 Å². The molecule has 0 spiro atoms.